The molecule has 1 amide bonds. The molecule has 0 atom stereocenters. The first-order valence-corrected chi connectivity index (χ1v) is 8.57. The first kappa shape index (κ1) is 20.6. The summed E-state index contributed by atoms with van der Waals surface area (Å²) in [6, 6.07) is 8.27. The number of halogens is 4. The van der Waals surface area contributed by atoms with E-state index in [9.17, 15) is 18.0 Å². The number of nitrogens with one attached hydrogen (secondary N) is 4. The average molecular weight is 429 g/mol. The van der Waals surface area contributed by atoms with Gasteiger partial charge in [0.25, 0.3) is 0 Å². The Morgan fingerprint density at radius 2 is 2.00 bits per heavy atom. The van der Waals surface area contributed by atoms with Crippen molar-refractivity contribution in [2.24, 2.45) is 5.10 Å². The molecule has 3 rings (SSSR count). The van der Waals surface area contributed by atoms with Gasteiger partial charge in [0.15, 0.2) is 0 Å². The summed E-state index contributed by atoms with van der Waals surface area (Å²) in [5, 5.41) is 10.2. The molecule has 0 aliphatic carbocycles. The van der Waals surface area contributed by atoms with Crippen LogP contribution in [0.1, 0.15) is 5.56 Å². The summed E-state index contributed by atoms with van der Waals surface area (Å²) in [5.74, 6) is 0.0313. The quantitative estimate of drug-likeness (QED) is 0.565. The van der Waals surface area contributed by atoms with Crippen LogP contribution in [0.15, 0.2) is 41.5 Å². The summed E-state index contributed by atoms with van der Waals surface area (Å²) in [5.41, 5.74) is 5.51. The lowest BCUT2D eigenvalue weighted by Crippen LogP contribution is -2.37. The van der Waals surface area contributed by atoms with Crippen molar-refractivity contribution >= 4 is 40.9 Å². The molecule has 0 saturated carbocycles. The van der Waals surface area contributed by atoms with Gasteiger partial charge < -0.3 is 15.4 Å². The van der Waals surface area contributed by atoms with Crippen LogP contribution in [0.2, 0.25) is 5.02 Å². The topological polar surface area (TPSA) is 90.0 Å². The van der Waals surface area contributed by atoms with Gasteiger partial charge in [-0.25, -0.2) is 10.5 Å². The third kappa shape index (κ3) is 5.00. The van der Waals surface area contributed by atoms with Gasteiger partial charge in [0.05, 0.1) is 24.2 Å². The van der Waals surface area contributed by atoms with Crippen LogP contribution in [0.5, 0.6) is 5.75 Å². The van der Waals surface area contributed by atoms with Gasteiger partial charge in [-0.2, -0.15) is 18.3 Å². The molecular weight excluding hydrogens is 413 g/mol. The number of hydrazone groups is 1. The third-order valence-corrected chi connectivity index (χ3v) is 4.18. The first-order chi connectivity index (χ1) is 13.8. The largest absolute Gasteiger partial charge is 0.495 e. The predicted octanol–water partition coefficient (Wildman–Crippen LogP) is 3.19. The number of carbonyl (C=O) groups excluding carboxylic acids is 1. The molecule has 0 bridgehead atoms. The van der Waals surface area contributed by atoms with Gasteiger partial charge in [-0.3, -0.25) is 4.79 Å². The molecule has 0 fully saturated rings. The van der Waals surface area contributed by atoms with Crippen LogP contribution in [-0.2, 0) is 11.0 Å². The first-order valence-electron chi connectivity index (χ1n) is 8.19. The van der Waals surface area contributed by atoms with Crippen LogP contribution in [-0.4, -0.2) is 25.9 Å². The van der Waals surface area contributed by atoms with Crippen LogP contribution in [0, 0.1) is 0 Å². The fraction of sp³-hybridized carbons (Fsp3) is 0.176. The van der Waals surface area contributed by atoms with Crippen molar-refractivity contribution in [3.8, 4) is 5.75 Å². The number of nitrogens with zero attached hydrogens (tertiary/aromatic N) is 2. The third-order valence-electron chi connectivity index (χ3n) is 3.86. The Balaban J connectivity index is 1.65. The standard InChI is InChI=1S/C17H16ClF3N6O2/c1-29-15-5-3-10(7-14(15)27-9-23-25-26-27)22-8-16(28)24-11-2-4-13(18)12(6-11)17(19,20)21/h2-7,9,22,25-26H,8H2,1H3,(H,24,28). The van der Waals surface area contributed by atoms with Crippen molar-refractivity contribution in [3.63, 3.8) is 0 Å². The molecule has 1 aliphatic rings. The summed E-state index contributed by atoms with van der Waals surface area (Å²) >= 11 is 5.57. The summed E-state index contributed by atoms with van der Waals surface area (Å²) in [6.07, 6.45) is -3.12. The van der Waals surface area contributed by atoms with E-state index in [1.165, 1.54) is 19.5 Å². The maximum absolute atomic E-state index is 12.9. The van der Waals surface area contributed by atoms with E-state index in [4.69, 9.17) is 16.3 Å². The lowest BCUT2D eigenvalue weighted by atomic mass is 10.2. The minimum Gasteiger partial charge on any atom is -0.495 e. The van der Waals surface area contributed by atoms with Gasteiger partial charge >= 0.3 is 6.18 Å². The fourth-order valence-electron chi connectivity index (χ4n) is 2.52. The van der Waals surface area contributed by atoms with Gasteiger partial charge in [0.1, 0.15) is 17.8 Å². The van der Waals surface area contributed by atoms with Crippen molar-refractivity contribution < 1.29 is 22.7 Å². The van der Waals surface area contributed by atoms with E-state index in [1.54, 1.807) is 23.2 Å². The Kier molecular flexibility index (Phi) is 5.99. The molecule has 12 heteroatoms. The molecule has 0 unspecified atom stereocenters. The molecule has 0 saturated heterocycles. The molecule has 154 valence electrons. The second-order valence-corrected chi connectivity index (χ2v) is 6.23. The molecule has 1 heterocycles. The van der Waals surface area contributed by atoms with Gasteiger partial charge in [-0.1, -0.05) is 11.6 Å². The van der Waals surface area contributed by atoms with E-state index in [0.29, 0.717) is 17.1 Å². The lowest BCUT2D eigenvalue weighted by Gasteiger charge is -2.18. The zero-order chi connectivity index (χ0) is 21.0. The lowest BCUT2D eigenvalue weighted by molar-refractivity contribution is -0.137. The molecule has 4 N–H and O–H groups in total. The molecular formula is C17H16ClF3N6O2. The summed E-state index contributed by atoms with van der Waals surface area (Å²) in [4.78, 5) is 12.1. The van der Waals surface area contributed by atoms with Crippen molar-refractivity contribution in [2.75, 3.05) is 29.3 Å². The number of methoxy groups -OCH3 is 1. The van der Waals surface area contributed by atoms with Crippen molar-refractivity contribution in [2.45, 2.75) is 6.18 Å². The monoisotopic (exact) mass is 428 g/mol. The van der Waals surface area contributed by atoms with Crippen LogP contribution in [0.4, 0.5) is 30.2 Å². The van der Waals surface area contributed by atoms with Crippen molar-refractivity contribution in [1.29, 1.82) is 0 Å². The molecule has 29 heavy (non-hydrogen) atoms. The molecule has 2 aromatic carbocycles. The summed E-state index contributed by atoms with van der Waals surface area (Å²) in [7, 11) is 1.52. The Bertz CT molecular complexity index is 938. The maximum atomic E-state index is 12.9. The highest BCUT2D eigenvalue weighted by atomic mass is 35.5. The minimum atomic E-state index is -4.61. The number of hydrazine groups is 2. The van der Waals surface area contributed by atoms with Crippen molar-refractivity contribution in [3.05, 3.63) is 47.0 Å². The fourth-order valence-corrected chi connectivity index (χ4v) is 2.74. The second kappa shape index (κ2) is 8.45. The smallest absolute Gasteiger partial charge is 0.417 e. The van der Waals surface area contributed by atoms with Gasteiger partial charge in [-0.05, 0) is 36.4 Å². The van der Waals surface area contributed by atoms with E-state index in [1.807, 2.05) is 0 Å². The molecule has 1 aliphatic heterocycles. The Labute approximate surface area is 168 Å². The SMILES string of the molecule is COc1ccc(NCC(=O)Nc2ccc(Cl)c(C(F)(F)F)c2)cc1N1C=NNN1. The van der Waals surface area contributed by atoms with E-state index < -0.39 is 22.7 Å². The summed E-state index contributed by atoms with van der Waals surface area (Å²) < 4.78 is 44.0. The number of anilines is 3. The Hall–Kier alpha value is -3.18. The van der Waals surface area contributed by atoms with Crippen LogP contribution < -0.4 is 31.4 Å². The van der Waals surface area contributed by atoms with Gasteiger partial charge in [-0.15, -0.1) is 5.53 Å². The molecule has 0 radical (unpaired) electrons. The predicted molar refractivity (Wildman–Crippen MR) is 104 cm³/mol. The summed E-state index contributed by atoms with van der Waals surface area (Å²) in [6.45, 7) is -0.171. The molecule has 2 aromatic rings. The van der Waals surface area contributed by atoms with Crippen LogP contribution in [0.3, 0.4) is 0 Å². The zero-order valence-electron chi connectivity index (χ0n) is 15.0. The molecule has 0 spiro atoms. The van der Waals surface area contributed by atoms with E-state index in [2.05, 4.69) is 26.8 Å². The number of amides is 1. The number of hydrogen-bond acceptors (Lipinski definition) is 7. The van der Waals surface area contributed by atoms with Gasteiger partial charge in [0.2, 0.25) is 5.91 Å². The van der Waals surface area contributed by atoms with Crippen molar-refractivity contribution in [1.82, 2.24) is 11.1 Å². The van der Waals surface area contributed by atoms with Crippen LogP contribution >= 0.6 is 11.6 Å². The number of benzene rings is 2. The normalized spacial score (nSPS) is 13.2. The van der Waals surface area contributed by atoms with E-state index in [-0.39, 0.29) is 12.2 Å². The van der Waals surface area contributed by atoms with E-state index in [0.717, 1.165) is 12.1 Å². The molecule has 0 aromatic heterocycles. The van der Waals surface area contributed by atoms with Crippen LogP contribution in [0.25, 0.3) is 0 Å². The maximum Gasteiger partial charge on any atom is 0.417 e. The van der Waals surface area contributed by atoms with Gasteiger partial charge in [0, 0.05) is 11.4 Å². The highest BCUT2D eigenvalue weighted by molar-refractivity contribution is 6.31. The second-order valence-electron chi connectivity index (χ2n) is 5.82. The number of alkyl halides is 3. The average Bonchev–Trinajstić information content (AvgIpc) is 3.21. The minimum absolute atomic E-state index is 0.00695. The number of carbonyl (C=O) groups is 1. The number of rotatable bonds is 6. The highest BCUT2D eigenvalue weighted by Gasteiger charge is 2.33. The number of hydrogen-bond donors (Lipinski definition) is 4. The highest BCUT2D eigenvalue weighted by Crippen LogP contribution is 2.36. The Morgan fingerprint density at radius 1 is 1.24 bits per heavy atom. The Morgan fingerprint density at radius 3 is 2.66 bits per heavy atom. The zero-order valence-corrected chi connectivity index (χ0v) is 15.7. The number of ether oxygens (including phenoxy) is 1. The molecule has 8 nitrogen and oxygen atoms in total. The van der Waals surface area contributed by atoms with E-state index >= 15 is 0 Å².